The molecule has 0 spiro atoms. The molecule has 2 amide bonds. The van der Waals surface area contributed by atoms with Gasteiger partial charge in [0.15, 0.2) is 11.5 Å². The van der Waals surface area contributed by atoms with Crippen molar-refractivity contribution in [3.05, 3.63) is 52.8 Å². The third kappa shape index (κ3) is 3.86. The second kappa shape index (κ2) is 8.11. The van der Waals surface area contributed by atoms with Crippen LogP contribution < -0.4 is 14.4 Å². The van der Waals surface area contributed by atoms with Gasteiger partial charge in [0.05, 0.1) is 23.2 Å². The van der Waals surface area contributed by atoms with Gasteiger partial charge >= 0.3 is 0 Å². The van der Waals surface area contributed by atoms with Crippen molar-refractivity contribution in [1.29, 1.82) is 0 Å². The van der Waals surface area contributed by atoms with E-state index in [1.54, 1.807) is 0 Å². The third-order valence-corrected chi connectivity index (χ3v) is 6.26. The number of rotatable bonds is 4. The number of fused-ring (bicyclic) bond motifs is 1. The smallest absolute Gasteiger partial charge is 0.251 e. The average Bonchev–Trinajstić information content (AvgIpc) is 3.34. The number of nitrogens with zero attached hydrogens (tertiary/aromatic N) is 3. The Morgan fingerprint density at radius 3 is 2.55 bits per heavy atom. The number of hydrogen-bond donors (Lipinski definition) is 0. The number of hydrogen-bond acceptors (Lipinski definition) is 6. The van der Waals surface area contributed by atoms with Crippen LogP contribution in [0, 0.1) is 5.82 Å². The predicted octanol–water partition coefficient (Wildman–Crippen LogP) is 2.66. The van der Waals surface area contributed by atoms with Crippen LogP contribution in [0.25, 0.3) is 0 Å². The standard InChI is InChI=1S/C22H21ClFN3O4/c23-16-10-15(2-3-17(16)24)27-21(28)11-18(22(27)29)26-7-5-25(6-8-26)12-14-1-4-19-20(9-14)31-13-30-19/h1-4,9-10,18H,5-8,11-13H2/t18-/m1/s1. The summed E-state index contributed by atoms with van der Waals surface area (Å²) in [5.41, 5.74) is 1.45. The van der Waals surface area contributed by atoms with Gasteiger partial charge in [0.25, 0.3) is 5.91 Å². The molecule has 3 aliphatic rings. The van der Waals surface area contributed by atoms with Crippen LogP contribution >= 0.6 is 11.6 Å². The van der Waals surface area contributed by atoms with E-state index in [9.17, 15) is 14.0 Å². The number of carbonyl (C=O) groups excluding carboxylic acids is 2. The van der Waals surface area contributed by atoms with Crippen molar-refractivity contribution in [3.8, 4) is 11.5 Å². The zero-order valence-electron chi connectivity index (χ0n) is 16.7. The molecule has 2 fully saturated rings. The topological polar surface area (TPSA) is 62.3 Å². The largest absolute Gasteiger partial charge is 0.454 e. The van der Waals surface area contributed by atoms with Gasteiger partial charge in [-0.2, -0.15) is 0 Å². The molecular formula is C22H21ClFN3O4. The Hall–Kier alpha value is -2.68. The second-order valence-electron chi connectivity index (χ2n) is 7.89. The lowest BCUT2D eigenvalue weighted by Gasteiger charge is -2.37. The fourth-order valence-corrected chi connectivity index (χ4v) is 4.50. The van der Waals surface area contributed by atoms with Crippen LogP contribution in [0.4, 0.5) is 10.1 Å². The molecule has 0 unspecified atom stereocenters. The number of imide groups is 1. The van der Waals surface area contributed by atoms with Gasteiger partial charge in [-0.05, 0) is 35.9 Å². The maximum Gasteiger partial charge on any atom is 0.251 e. The molecule has 2 aromatic rings. The summed E-state index contributed by atoms with van der Waals surface area (Å²) in [5, 5.41) is -0.112. The number of carbonyl (C=O) groups is 2. The Balaban J connectivity index is 1.21. The van der Waals surface area contributed by atoms with E-state index >= 15 is 0 Å². The van der Waals surface area contributed by atoms with Gasteiger partial charge in [0.1, 0.15) is 5.82 Å². The van der Waals surface area contributed by atoms with E-state index in [-0.39, 0.29) is 30.1 Å². The Labute approximate surface area is 183 Å². The Morgan fingerprint density at radius 2 is 1.77 bits per heavy atom. The lowest BCUT2D eigenvalue weighted by atomic mass is 10.1. The monoisotopic (exact) mass is 445 g/mol. The van der Waals surface area contributed by atoms with Gasteiger partial charge in [-0.1, -0.05) is 17.7 Å². The molecule has 0 aromatic heterocycles. The highest BCUT2D eigenvalue weighted by molar-refractivity contribution is 6.31. The molecule has 31 heavy (non-hydrogen) atoms. The van der Waals surface area contributed by atoms with E-state index < -0.39 is 11.9 Å². The highest BCUT2D eigenvalue weighted by Gasteiger charge is 2.43. The summed E-state index contributed by atoms with van der Waals surface area (Å²) in [7, 11) is 0. The minimum Gasteiger partial charge on any atom is -0.454 e. The van der Waals surface area contributed by atoms with E-state index in [2.05, 4.69) is 9.80 Å². The van der Waals surface area contributed by atoms with Crippen molar-refractivity contribution in [3.63, 3.8) is 0 Å². The van der Waals surface area contributed by atoms with E-state index in [1.807, 2.05) is 18.2 Å². The molecule has 5 rings (SSSR count). The summed E-state index contributed by atoms with van der Waals surface area (Å²) in [5.74, 6) is 0.383. The van der Waals surface area contributed by atoms with Crippen LogP contribution in [0.3, 0.4) is 0 Å². The second-order valence-corrected chi connectivity index (χ2v) is 8.29. The van der Waals surface area contributed by atoms with E-state index in [1.165, 1.54) is 18.2 Å². The highest BCUT2D eigenvalue weighted by Crippen LogP contribution is 2.33. The van der Waals surface area contributed by atoms with Crippen LogP contribution in [-0.2, 0) is 16.1 Å². The number of amides is 2. The van der Waals surface area contributed by atoms with Crippen molar-refractivity contribution in [2.75, 3.05) is 37.9 Å². The molecule has 2 aromatic carbocycles. The molecule has 9 heteroatoms. The molecule has 162 valence electrons. The minimum atomic E-state index is -0.584. The Morgan fingerprint density at radius 1 is 1.00 bits per heavy atom. The molecular weight excluding hydrogens is 425 g/mol. The van der Waals surface area contributed by atoms with E-state index in [0.29, 0.717) is 18.8 Å². The number of halogens is 2. The SMILES string of the molecule is O=C1C[C@@H](N2CCN(Cc3ccc4c(c3)OCO4)CC2)C(=O)N1c1ccc(F)c(Cl)c1. The molecule has 0 bridgehead atoms. The number of piperazine rings is 1. The lowest BCUT2D eigenvalue weighted by molar-refractivity contribution is -0.123. The predicted molar refractivity (Wildman–Crippen MR) is 112 cm³/mol. The number of ether oxygens (including phenoxy) is 2. The molecule has 7 nitrogen and oxygen atoms in total. The molecule has 0 saturated carbocycles. The first-order chi connectivity index (χ1) is 15.0. The van der Waals surface area contributed by atoms with Gasteiger partial charge in [-0.15, -0.1) is 0 Å². The lowest BCUT2D eigenvalue weighted by Crippen LogP contribution is -2.52. The zero-order chi connectivity index (χ0) is 21.5. The summed E-state index contributed by atoms with van der Waals surface area (Å²) in [6, 6.07) is 9.35. The van der Waals surface area contributed by atoms with Crippen LogP contribution in [0.1, 0.15) is 12.0 Å². The fourth-order valence-electron chi connectivity index (χ4n) is 4.33. The molecule has 0 N–H and O–H groups in total. The molecule has 1 atom stereocenters. The quantitative estimate of drug-likeness (QED) is 0.674. The Bertz CT molecular complexity index is 1040. The fraction of sp³-hybridized carbons (Fsp3) is 0.364. The number of anilines is 1. The van der Waals surface area contributed by atoms with Crippen LogP contribution in [0.5, 0.6) is 11.5 Å². The summed E-state index contributed by atoms with van der Waals surface area (Å²) >= 11 is 5.83. The van der Waals surface area contributed by atoms with Gasteiger partial charge in [-0.3, -0.25) is 19.4 Å². The normalized spacial score (nSPS) is 21.9. The van der Waals surface area contributed by atoms with E-state index in [4.69, 9.17) is 21.1 Å². The first-order valence-corrected chi connectivity index (χ1v) is 10.5. The van der Waals surface area contributed by atoms with Gasteiger partial charge in [0.2, 0.25) is 12.7 Å². The van der Waals surface area contributed by atoms with E-state index in [0.717, 1.165) is 41.6 Å². The molecule has 2 saturated heterocycles. The van der Waals surface area contributed by atoms with Crippen molar-refractivity contribution in [1.82, 2.24) is 9.80 Å². The van der Waals surface area contributed by atoms with Crippen molar-refractivity contribution in [2.24, 2.45) is 0 Å². The van der Waals surface area contributed by atoms with Crippen molar-refractivity contribution in [2.45, 2.75) is 19.0 Å². The summed E-state index contributed by atoms with van der Waals surface area (Å²) in [4.78, 5) is 31.0. The van der Waals surface area contributed by atoms with Gasteiger partial charge < -0.3 is 9.47 Å². The maximum atomic E-state index is 13.5. The van der Waals surface area contributed by atoms with Crippen LogP contribution in [0.2, 0.25) is 5.02 Å². The molecule has 0 aliphatic carbocycles. The van der Waals surface area contributed by atoms with Crippen molar-refractivity contribution < 1.29 is 23.5 Å². The average molecular weight is 446 g/mol. The highest BCUT2D eigenvalue weighted by atomic mass is 35.5. The summed E-state index contributed by atoms with van der Waals surface area (Å²) < 4.78 is 24.3. The van der Waals surface area contributed by atoms with Gasteiger partial charge in [-0.25, -0.2) is 9.29 Å². The maximum absolute atomic E-state index is 13.5. The summed E-state index contributed by atoms with van der Waals surface area (Å²) in [6.45, 7) is 3.98. The van der Waals surface area contributed by atoms with Crippen LogP contribution in [0.15, 0.2) is 36.4 Å². The molecule has 0 radical (unpaired) electrons. The number of benzene rings is 2. The first kappa shape index (κ1) is 20.2. The third-order valence-electron chi connectivity index (χ3n) is 5.98. The van der Waals surface area contributed by atoms with Crippen molar-refractivity contribution >= 4 is 29.1 Å². The van der Waals surface area contributed by atoms with Gasteiger partial charge in [0, 0.05) is 32.7 Å². The molecule has 3 aliphatic heterocycles. The molecule has 3 heterocycles. The Kier molecular flexibility index (Phi) is 5.29. The summed E-state index contributed by atoms with van der Waals surface area (Å²) in [6.07, 6.45) is 0.121. The zero-order valence-corrected chi connectivity index (χ0v) is 17.5. The van der Waals surface area contributed by atoms with Crippen LogP contribution in [-0.4, -0.2) is 60.6 Å². The minimum absolute atomic E-state index is 0.112. The first-order valence-electron chi connectivity index (χ1n) is 10.2.